The van der Waals surface area contributed by atoms with E-state index in [9.17, 15) is 0 Å². The molecule has 0 aliphatic carbocycles. The molecule has 0 radical (unpaired) electrons. The third kappa shape index (κ3) is 0.780. The van der Waals surface area contributed by atoms with Crippen LogP contribution in [-0.2, 0) is 0 Å². The summed E-state index contributed by atoms with van der Waals surface area (Å²) < 4.78 is 1.92. The lowest BCUT2D eigenvalue weighted by Gasteiger charge is -1.85. The first-order valence-electron chi connectivity index (χ1n) is 2.50. The Kier molecular flexibility index (Phi) is 1.16. The summed E-state index contributed by atoms with van der Waals surface area (Å²) in [6, 6.07) is 0. The molecule has 0 bridgehead atoms. The molecule has 0 unspecified atom stereocenters. The summed E-state index contributed by atoms with van der Waals surface area (Å²) in [7, 11) is 0. The molecule has 0 amide bonds. The minimum Gasteiger partial charge on any atom is -0.250 e. The molecule has 0 saturated carbocycles. The highest BCUT2D eigenvalue weighted by atomic mass is 15.0. The summed E-state index contributed by atoms with van der Waals surface area (Å²) in [4.78, 5) is 2.91. The Bertz CT molecular complexity index is 174. The first kappa shape index (κ1) is 5.09. The molecule has 0 aliphatic heterocycles. The smallest absolute Gasteiger partial charge is 0.246 e. The van der Waals surface area contributed by atoms with E-state index in [1.54, 1.807) is 0 Å². The quantitative estimate of drug-likeness (QED) is 0.514. The fraction of sp³-hybridized carbons (Fsp3) is 0.167. The molecule has 0 saturated heterocycles. The summed E-state index contributed by atoms with van der Waals surface area (Å²) in [5.74, 6) is 0. The predicted molar refractivity (Wildman–Crippen MR) is 32.0 cm³/mol. The third-order valence-corrected chi connectivity index (χ3v) is 0.986. The molecule has 0 atom stereocenters. The van der Waals surface area contributed by atoms with Gasteiger partial charge in [0, 0.05) is 0 Å². The molecule has 1 rings (SSSR count). The maximum atomic E-state index is 3.74. The second-order valence-electron chi connectivity index (χ2n) is 1.75. The molecule has 1 N–H and O–H groups in total. The lowest BCUT2D eigenvalue weighted by molar-refractivity contribution is -0.579. The number of allylic oxidation sites excluding steroid dienone is 1. The van der Waals surface area contributed by atoms with Gasteiger partial charge >= 0.3 is 0 Å². The molecule has 0 spiro atoms. The highest BCUT2D eigenvalue weighted by Crippen LogP contribution is 1.80. The molecular weight excluding hydrogens is 100 g/mol. The van der Waals surface area contributed by atoms with E-state index in [2.05, 4.69) is 11.6 Å². The Labute approximate surface area is 48.5 Å². The van der Waals surface area contributed by atoms with Gasteiger partial charge in [0.1, 0.15) is 12.4 Å². The number of nitrogens with one attached hydrogen (secondary N) is 1. The first-order valence-corrected chi connectivity index (χ1v) is 2.50. The Hall–Kier alpha value is -1.05. The van der Waals surface area contributed by atoms with Crippen LogP contribution in [0.3, 0.4) is 0 Å². The van der Waals surface area contributed by atoms with Crippen molar-refractivity contribution < 1.29 is 4.57 Å². The van der Waals surface area contributed by atoms with Gasteiger partial charge in [-0.2, -0.15) is 0 Å². The van der Waals surface area contributed by atoms with Gasteiger partial charge in [0.05, 0.1) is 5.70 Å². The van der Waals surface area contributed by atoms with Crippen molar-refractivity contribution in [3.05, 3.63) is 25.3 Å². The van der Waals surface area contributed by atoms with Crippen molar-refractivity contribution >= 4 is 5.70 Å². The van der Waals surface area contributed by atoms with Crippen LogP contribution < -0.4 is 4.57 Å². The van der Waals surface area contributed by atoms with Crippen LogP contribution in [0.4, 0.5) is 0 Å². The van der Waals surface area contributed by atoms with Gasteiger partial charge in [0.15, 0.2) is 0 Å². The van der Waals surface area contributed by atoms with Crippen molar-refractivity contribution in [2.45, 2.75) is 6.92 Å². The zero-order valence-corrected chi connectivity index (χ0v) is 4.89. The highest BCUT2D eigenvalue weighted by molar-refractivity contribution is 5.21. The van der Waals surface area contributed by atoms with Crippen molar-refractivity contribution in [3.8, 4) is 0 Å². The summed E-state index contributed by atoms with van der Waals surface area (Å²) in [5.41, 5.74) is 1.02. The molecule has 0 aliphatic rings. The Morgan fingerprint density at radius 1 is 1.75 bits per heavy atom. The molecule has 8 heavy (non-hydrogen) atoms. The number of rotatable bonds is 1. The number of hydrogen-bond donors (Lipinski definition) is 1. The maximum absolute atomic E-state index is 3.74. The van der Waals surface area contributed by atoms with Crippen molar-refractivity contribution in [2.24, 2.45) is 0 Å². The minimum atomic E-state index is 1.02. The maximum Gasteiger partial charge on any atom is 0.246 e. The van der Waals surface area contributed by atoms with Crippen LogP contribution >= 0.6 is 0 Å². The third-order valence-electron chi connectivity index (χ3n) is 0.986. The van der Waals surface area contributed by atoms with E-state index in [1.807, 2.05) is 30.2 Å². The van der Waals surface area contributed by atoms with E-state index in [0.717, 1.165) is 5.70 Å². The number of hydrogen-bond acceptors (Lipinski definition) is 0. The van der Waals surface area contributed by atoms with Crippen LogP contribution in [-0.4, -0.2) is 4.98 Å². The summed E-state index contributed by atoms with van der Waals surface area (Å²) in [6.07, 6.45) is 5.62. The Morgan fingerprint density at radius 2 is 2.50 bits per heavy atom. The molecule has 1 aromatic rings. The van der Waals surface area contributed by atoms with Crippen LogP contribution in [0.5, 0.6) is 0 Å². The minimum absolute atomic E-state index is 1.02. The van der Waals surface area contributed by atoms with Gasteiger partial charge in [0.25, 0.3) is 0 Å². The van der Waals surface area contributed by atoms with Gasteiger partial charge in [-0.3, -0.25) is 0 Å². The van der Waals surface area contributed by atoms with Crippen molar-refractivity contribution in [1.29, 1.82) is 0 Å². The number of aromatic nitrogens is 2. The summed E-state index contributed by atoms with van der Waals surface area (Å²) in [6.45, 7) is 5.69. The molecule has 2 nitrogen and oxygen atoms in total. The van der Waals surface area contributed by atoms with E-state index < -0.39 is 0 Å². The summed E-state index contributed by atoms with van der Waals surface area (Å²) >= 11 is 0. The monoisotopic (exact) mass is 109 g/mol. The zero-order valence-electron chi connectivity index (χ0n) is 4.89. The van der Waals surface area contributed by atoms with E-state index in [4.69, 9.17) is 0 Å². The second-order valence-corrected chi connectivity index (χ2v) is 1.75. The van der Waals surface area contributed by atoms with Gasteiger partial charge in [-0.1, -0.05) is 6.58 Å². The predicted octanol–water partition coefficient (Wildman–Crippen LogP) is 0.793. The second kappa shape index (κ2) is 1.82. The van der Waals surface area contributed by atoms with E-state index in [0.29, 0.717) is 0 Å². The van der Waals surface area contributed by atoms with Crippen molar-refractivity contribution in [2.75, 3.05) is 0 Å². The van der Waals surface area contributed by atoms with Gasteiger partial charge in [0.2, 0.25) is 6.33 Å². The zero-order chi connectivity index (χ0) is 5.98. The molecule has 1 heterocycles. The average Bonchev–Trinajstić information content (AvgIpc) is 2.12. The number of nitrogens with zero attached hydrogens (tertiary/aromatic N) is 1. The molecule has 42 valence electrons. The van der Waals surface area contributed by atoms with Crippen LogP contribution in [0.15, 0.2) is 25.3 Å². The Balaban J connectivity index is 2.93. The van der Waals surface area contributed by atoms with Gasteiger partial charge in [-0.25, -0.2) is 9.55 Å². The van der Waals surface area contributed by atoms with E-state index in [-0.39, 0.29) is 0 Å². The van der Waals surface area contributed by atoms with Gasteiger partial charge < -0.3 is 0 Å². The lowest BCUT2D eigenvalue weighted by Crippen LogP contribution is -2.26. The number of aromatic amines is 1. The van der Waals surface area contributed by atoms with Crippen LogP contribution in [0.25, 0.3) is 5.70 Å². The fourth-order valence-corrected chi connectivity index (χ4v) is 0.527. The number of H-pyrrole nitrogens is 1. The molecule has 1 aromatic heterocycles. The largest absolute Gasteiger partial charge is 0.250 e. The van der Waals surface area contributed by atoms with E-state index >= 15 is 0 Å². The SMILES string of the molecule is C=C(C)[n+]1cc[nH]c1. The standard InChI is InChI=1S/C6H8N2/c1-6(2)8-4-3-7-5-8/h3-5H,1H2,2H3/p+1. The van der Waals surface area contributed by atoms with Gasteiger partial charge in [-0.15, -0.1) is 0 Å². The van der Waals surface area contributed by atoms with Gasteiger partial charge in [-0.05, 0) is 6.92 Å². The van der Waals surface area contributed by atoms with Crippen LogP contribution in [0.1, 0.15) is 6.92 Å². The topological polar surface area (TPSA) is 19.7 Å². The van der Waals surface area contributed by atoms with Crippen molar-refractivity contribution in [3.63, 3.8) is 0 Å². The van der Waals surface area contributed by atoms with Crippen LogP contribution in [0.2, 0.25) is 0 Å². The summed E-state index contributed by atoms with van der Waals surface area (Å²) in [5, 5.41) is 0. The highest BCUT2D eigenvalue weighted by Gasteiger charge is 1.92. The Morgan fingerprint density at radius 3 is 2.75 bits per heavy atom. The lowest BCUT2D eigenvalue weighted by atomic mass is 10.6. The normalized spacial score (nSPS) is 9.12. The fourth-order valence-electron chi connectivity index (χ4n) is 0.527. The first-order chi connectivity index (χ1) is 3.80. The average molecular weight is 109 g/mol. The molecule has 2 heteroatoms. The van der Waals surface area contributed by atoms with Crippen molar-refractivity contribution in [1.82, 2.24) is 4.98 Å². The molecule has 0 aromatic carbocycles. The number of imidazole rings is 1. The molecular formula is C6H9N2+. The molecule has 0 fully saturated rings. The van der Waals surface area contributed by atoms with E-state index in [1.165, 1.54) is 0 Å². The van der Waals surface area contributed by atoms with Crippen LogP contribution in [0, 0.1) is 0 Å².